The van der Waals surface area contributed by atoms with Crippen molar-refractivity contribution in [2.75, 3.05) is 19.6 Å². The lowest BCUT2D eigenvalue weighted by Crippen LogP contribution is -2.55. The number of rotatable bonds is 3. The number of aryl methyl sites for hydroxylation is 1. The Morgan fingerprint density at radius 2 is 2.30 bits per heavy atom. The maximum absolute atomic E-state index is 12.4. The topological polar surface area (TPSA) is 41.6 Å². The van der Waals surface area contributed by atoms with Gasteiger partial charge in [0, 0.05) is 30.7 Å². The average molecular weight is 297 g/mol. The first kappa shape index (κ1) is 15.1. The molecule has 1 aliphatic heterocycles. The Labute approximate surface area is 125 Å². The normalized spacial score (nSPS) is 20.6. The molecule has 5 heteroatoms. The molecule has 1 heterocycles. The van der Waals surface area contributed by atoms with Crippen molar-refractivity contribution in [3.05, 3.63) is 28.8 Å². The van der Waals surface area contributed by atoms with E-state index in [1.54, 1.807) is 19.1 Å². The molecule has 2 rings (SSSR count). The van der Waals surface area contributed by atoms with Crippen molar-refractivity contribution >= 4 is 17.5 Å². The Bertz CT molecular complexity index is 493. The SMILES string of the molecule is Cc1cc(OC(C)C(=O)N2CCNC[C@H]2C)ccc1Cl. The highest BCUT2D eigenvalue weighted by atomic mass is 35.5. The molecule has 1 saturated heterocycles. The summed E-state index contributed by atoms with van der Waals surface area (Å²) in [4.78, 5) is 14.3. The Kier molecular flexibility index (Phi) is 4.89. The number of halogens is 1. The summed E-state index contributed by atoms with van der Waals surface area (Å²) in [5.74, 6) is 0.710. The first-order valence-electron chi connectivity index (χ1n) is 6.93. The summed E-state index contributed by atoms with van der Waals surface area (Å²) >= 11 is 5.98. The van der Waals surface area contributed by atoms with E-state index in [4.69, 9.17) is 16.3 Å². The highest BCUT2D eigenvalue weighted by molar-refractivity contribution is 6.31. The van der Waals surface area contributed by atoms with Crippen molar-refractivity contribution in [3.63, 3.8) is 0 Å². The number of amides is 1. The minimum absolute atomic E-state index is 0.0339. The predicted octanol–water partition coefficient (Wildman–Crippen LogP) is 2.24. The molecule has 1 fully saturated rings. The van der Waals surface area contributed by atoms with Gasteiger partial charge in [0.25, 0.3) is 5.91 Å². The quantitative estimate of drug-likeness (QED) is 0.930. The zero-order valence-corrected chi connectivity index (χ0v) is 12.9. The van der Waals surface area contributed by atoms with Crippen LogP contribution in [0.15, 0.2) is 18.2 Å². The second kappa shape index (κ2) is 6.46. The minimum atomic E-state index is -0.490. The molecule has 0 saturated carbocycles. The maximum Gasteiger partial charge on any atom is 0.263 e. The highest BCUT2D eigenvalue weighted by Crippen LogP contribution is 2.22. The molecule has 0 radical (unpaired) electrons. The number of hydrogen-bond acceptors (Lipinski definition) is 3. The third-order valence-electron chi connectivity index (χ3n) is 3.57. The molecule has 1 aromatic rings. The number of piperazine rings is 1. The van der Waals surface area contributed by atoms with Crippen molar-refractivity contribution in [3.8, 4) is 5.75 Å². The fourth-order valence-corrected chi connectivity index (χ4v) is 2.46. The molecule has 1 N–H and O–H groups in total. The molecule has 4 nitrogen and oxygen atoms in total. The second-order valence-corrected chi connectivity index (χ2v) is 5.66. The number of hydrogen-bond donors (Lipinski definition) is 1. The Morgan fingerprint density at radius 1 is 1.55 bits per heavy atom. The summed E-state index contributed by atoms with van der Waals surface area (Å²) in [6, 6.07) is 5.64. The lowest BCUT2D eigenvalue weighted by Gasteiger charge is -2.35. The fourth-order valence-electron chi connectivity index (χ4n) is 2.35. The zero-order valence-electron chi connectivity index (χ0n) is 12.1. The van der Waals surface area contributed by atoms with Crippen LogP contribution in [0.4, 0.5) is 0 Å². The van der Waals surface area contributed by atoms with Crippen molar-refractivity contribution in [1.29, 1.82) is 0 Å². The smallest absolute Gasteiger partial charge is 0.263 e. The largest absolute Gasteiger partial charge is 0.481 e. The van der Waals surface area contributed by atoms with Crippen LogP contribution >= 0.6 is 11.6 Å². The van der Waals surface area contributed by atoms with Crippen LogP contribution in [0.5, 0.6) is 5.75 Å². The monoisotopic (exact) mass is 296 g/mol. The Morgan fingerprint density at radius 3 is 2.95 bits per heavy atom. The van der Waals surface area contributed by atoms with Crippen LogP contribution in [0.2, 0.25) is 5.02 Å². The molecular weight excluding hydrogens is 276 g/mol. The third-order valence-corrected chi connectivity index (χ3v) is 4.00. The van der Waals surface area contributed by atoms with E-state index in [0.717, 1.165) is 25.2 Å². The molecule has 20 heavy (non-hydrogen) atoms. The number of carbonyl (C=O) groups excluding carboxylic acids is 1. The van der Waals surface area contributed by atoms with E-state index in [1.807, 2.05) is 24.8 Å². The molecular formula is C15H21ClN2O2. The van der Waals surface area contributed by atoms with Crippen LogP contribution in [-0.4, -0.2) is 42.6 Å². The highest BCUT2D eigenvalue weighted by Gasteiger charge is 2.27. The molecule has 1 unspecified atom stereocenters. The van der Waals surface area contributed by atoms with E-state index in [0.29, 0.717) is 10.8 Å². The Hall–Kier alpha value is -1.26. The lowest BCUT2D eigenvalue weighted by atomic mass is 10.2. The minimum Gasteiger partial charge on any atom is -0.481 e. The molecule has 2 atom stereocenters. The van der Waals surface area contributed by atoms with Gasteiger partial charge in [0.05, 0.1) is 0 Å². The van der Waals surface area contributed by atoms with Gasteiger partial charge in [-0.2, -0.15) is 0 Å². The summed E-state index contributed by atoms with van der Waals surface area (Å²) in [6.07, 6.45) is -0.490. The van der Waals surface area contributed by atoms with Crippen LogP contribution in [-0.2, 0) is 4.79 Å². The van der Waals surface area contributed by atoms with Gasteiger partial charge in [-0.1, -0.05) is 11.6 Å². The van der Waals surface area contributed by atoms with E-state index in [2.05, 4.69) is 5.32 Å². The van der Waals surface area contributed by atoms with E-state index < -0.39 is 6.10 Å². The number of carbonyl (C=O) groups is 1. The molecule has 0 aromatic heterocycles. The van der Waals surface area contributed by atoms with Gasteiger partial charge in [-0.05, 0) is 44.5 Å². The second-order valence-electron chi connectivity index (χ2n) is 5.26. The number of nitrogens with one attached hydrogen (secondary N) is 1. The Balaban J connectivity index is 2.01. The first-order valence-corrected chi connectivity index (χ1v) is 7.31. The summed E-state index contributed by atoms with van der Waals surface area (Å²) in [6.45, 7) is 8.15. The van der Waals surface area contributed by atoms with Crippen LogP contribution in [0.3, 0.4) is 0 Å². The van der Waals surface area contributed by atoms with Crippen LogP contribution in [0, 0.1) is 6.92 Å². The third kappa shape index (κ3) is 3.44. The lowest BCUT2D eigenvalue weighted by molar-refractivity contribution is -0.140. The standard InChI is InChI=1S/C15H21ClN2O2/c1-10-8-13(4-5-14(10)16)20-12(3)15(19)18-7-6-17-9-11(18)2/h4-5,8,11-12,17H,6-7,9H2,1-3H3/t11-,12?/m1/s1. The van der Waals surface area contributed by atoms with E-state index in [9.17, 15) is 4.79 Å². The van der Waals surface area contributed by atoms with Gasteiger partial charge in [0.1, 0.15) is 5.75 Å². The van der Waals surface area contributed by atoms with Crippen LogP contribution in [0.25, 0.3) is 0 Å². The fraction of sp³-hybridized carbons (Fsp3) is 0.533. The number of benzene rings is 1. The summed E-state index contributed by atoms with van der Waals surface area (Å²) in [7, 11) is 0. The zero-order chi connectivity index (χ0) is 14.7. The van der Waals surface area contributed by atoms with Gasteiger partial charge >= 0.3 is 0 Å². The number of ether oxygens (including phenoxy) is 1. The first-order chi connectivity index (χ1) is 9.49. The average Bonchev–Trinajstić information content (AvgIpc) is 2.42. The summed E-state index contributed by atoms with van der Waals surface area (Å²) in [5.41, 5.74) is 0.944. The maximum atomic E-state index is 12.4. The van der Waals surface area contributed by atoms with Crippen LogP contribution in [0.1, 0.15) is 19.4 Å². The van der Waals surface area contributed by atoms with Gasteiger partial charge in [0.2, 0.25) is 0 Å². The van der Waals surface area contributed by atoms with E-state index in [-0.39, 0.29) is 11.9 Å². The van der Waals surface area contributed by atoms with E-state index >= 15 is 0 Å². The van der Waals surface area contributed by atoms with Gasteiger partial charge < -0.3 is 15.0 Å². The molecule has 1 aromatic carbocycles. The van der Waals surface area contributed by atoms with Crippen molar-refractivity contribution in [2.45, 2.75) is 32.9 Å². The molecule has 0 aliphatic carbocycles. The molecule has 0 spiro atoms. The van der Waals surface area contributed by atoms with Crippen LogP contribution < -0.4 is 10.1 Å². The molecule has 110 valence electrons. The van der Waals surface area contributed by atoms with Gasteiger partial charge in [-0.25, -0.2) is 0 Å². The number of nitrogens with zero attached hydrogens (tertiary/aromatic N) is 1. The van der Waals surface area contributed by atoms with Gasteiger partial charge in [-0.15, -0.1) is 0 Å². The molecule has 1 aliphatic rings. The van der Waals surface area contributed by atoms with Gasteiger partial charge in [-0.3, -0.25) is 4.79 Å². The van der Waals surface area contributed by atoms with Gasteiger partial charge in [0.15, 0.2) is 6.10 Å². The summed E-state index contributed by atoms with van der Waals surface area (Å²) in [5, 5.41) is 3.97. The predicted molar refractivity (Wildman–Crippen MR) is 80.3 cm³/mol. The summed E-state index contributed by atoms with van der Waals surface area (Å²) < 4.78 is 5.74. The van der Waals surface area contributed by atoms with Crippen molar-refractivity contribution < 1.29 is 9.53 Å². The van der Waals surface area contributed by atoms with Crippen molar-refractivity contribution in [1.82, 2.24) is 10.2 Å². The van der Waals surface area contributed by atoms with E-state index in [1.165, 1.54) is 0 Å². The van der Waals surface area contributed by atoms with Crippen molar-refractivity contribution in [2.24, 2.45) is 0 Å². The molecule has 1 amide bonds. The molecule has 0 bridgehead atoms.